The first-order valence-electron chi connectivity index (χ1n) is 9.31. The summed E-state index contributed by atoms with van der Waals surface area (Å²) >= 11 is 0. The van der Waals surface area contributed by atoms with E-state index in [2.05, 4.69) is 64.4 Å². The molecule has 0 radical (unpaired) electrons. The third-order valence-electron chi connectivity index (χ3n) is 7.03. The number of likely N-dealkylation sites (N-methyl/N-ethyl adjacent to an activating group) is 1. The Bertz CT molecular complexity index is 608. The second kappa shape index (κ2) is 5.87. The Morgan fingerprint density at radius 2 is 1.75 bits per heavy atom. The Morgan fingerprint density at radius 1 is 1.12 bits per heavy atom. The number of nitrogens with one attached hydrogen (secondary N) is 1. The molecule has 3 rings (SSSR count). The number of benzene rings is 1. The van der Waals surface area contributed by atoms with Crippen LogP contribution in [0.15, 0.2) is 30.3 Å². The van der Waals surface area contributed by atoms with Gasteiger partial charge in [-0.25, -0.2) is 0 Å². The molecule has 3 heteroatoms. The van der Waals surface area contributed by atoms with Gasteiger partial charge in [0, 0.05) is 11.1 Å². The zero-order chi connectivity index (χ0) is 17.6. The molecular weight excluding hydrogens is 296 g/mol. The molecule has 1 aromatic rings. The third-order valence-corrected chi connectivity index (χ3v) is 7.03. The molecule has 2 saturated carbocycles. The van der Waals surface area contributed by atoms with E-state index in [4.69, 9.17) is 0 Å². The summed E-state index contributed by atoms with van der Waals surface area (Å²) < 4.78 is 0.681. The van der Waals surface area contributed by atoms with Gasteiger partial charge in [0.1, 0.15) is 6.54 Å². The fourth-order valence-electron chi connectivity index (χ4n) is 5.23. The Labute approximate surface area is 147 Å². The Balaban J connectivity index is 1.65. The van der Waals surface area contributed by atoms with Gasteiger partial charge in [0.15, 0.2) is 6.54 Å². The van der Waals surface area contributed by atoms with Crippen molar-refractivity contribution in [1.82, 2.24) is 5.32 Å². The quantitative estimate of drug-likeness (QED) is 0.822. The van der Waals surface area contributed by atoms with Crippen LogP contribution in [0.4, 0.5) is 0 Å². The molecule has 2 aliphatic rings. The molecular formula is C21H33N2O+. The van der Waals surface area contributed by atoms with Crippen molar-refractivity contribution < 1.29 is 9.28 Å². The highest BCUT2D eigenvalue weighted by Crippen LogP contribution is 2.61. The first-order chi connectivity index (χ1) is 11.1. The smallest absolute Gasteiger partial charge is 0.275 e. The van der Waals surface area contributed by atoms with Crippen LogP contribution < -0.4 is 5.32 Å². The van der Waals surface area contributed by atoms with E-state index < -0.39 is 0 Å². The standard InChI is InChI=1S/C21H32N2O/c1-20(2)17-11-12-18(13-17)21(20,3)22-19(24)15-23(4,5)14-16-9-7-6-8-10-16/h6-10,17-18H,11-15H2,1-5H3/p+1/t17-,18+,21+/m0/s1. The van der Waals surface area contributed by atoms with E-state index in [-0.39, 0.29) is 16.9 Å². The van der Waals surface area contributed by atoms with Crippen LogP contribution in [0.25, 0.3) is 0 Å². The minimum Gasteiger partial charge on any atom is -0.345 e. The summed E-state index contributed by atoms with van der Waals surface area (Å²) in [6.07, 6.45) is 3.89. The van der Waals surface area contributed by atoms with Gasteiger partial charge in [-0.2, -0.15) is 0 Å². The van der Waals surface area contributed by atoms with Crippen LogP contribution >= 0.6 is 0 Å². The summed E-state index contributed by atoms with van der Waals surface area (Å²) in [6.45, 7) is 8.38. The average Bonchev–Trinajstić information content (AvgIpc) is 3.02. The SMILES string of the molecule is CC1(C)[C@H]2CC[C@H](C2)[C@@]1(C)NC(=O)C[N+](C)(C)Cc1ccccc1. The van der Waals surface area contributed by atoms with Gasteiger partial charge in [-0.05, 0) is 43.4 Å². The molecule has 24 heavy (non-hydrogen) atoms. The predicted molar refractivity (Wildman–Crippen MR) is 98.3 cm³/mol. The summed E-state index contributed by atoms with van der Waals surface area (Å²) in [7, 11) is 4.28. The number of quaternary nitrogens is 1. The maximum absolute atomic E-state index is 12.8. The minimum absolute atomic E-state index is 0.0558. The lowest BCUT2D eigenvalue weighted by molar-refractivity contribution is -0.895. The van der Waals surface area contributed by atoms with Gasteiger partial charge in [-0.1, -0.05) is 44.2 Å². The van der Waals surface area contributed by atoms with E-state index in [1.54, 1.807) is 0 Å². The van der Waals surface area contributed by atoms with Crippen LogP contribution in [-0.2, 0) is 11.3 Å². The van der Waals surface area contributed by atoms with Crippen molar-refractivity contribution in [3.05, 3.63) is 35.9 Å². The maximum atomic E-state index is 12.8. The summed E-state index contributed by atoms with van der Waals surface area (Å²) in [5.41, 5.74) is 1.42. The van der Waals surface area contributed by atoms with E-state index in [1.807, 2.05) is 6.07 Å². The lowest BCUT2D eigenvalue weighted by Crippen LogP contribution is -2.61. The predicted octanol–water partition coefficient (Wildman–Crippen LogP) is 3.59. The lowest BCUT2D eigenvalue weighted by atomic mass is 9.64. The molecule has 0 aromatic heterocycles. The van der Waals surface area contributed by atoms with E-state index in [0.29, 0.717) is 16.9 Å². The zero-order valence-electron chi connectivity index (χ0n) is 15.9. The van der Waals surface area contributed by atoms with E-state index in [1.165, 1.54) is 24.8 Å². The second-order valence-corrected chi connectivity index (χ2v) is 9.42. The topological polar surface area (TPSA) is 29.1 Å². The van der Waals surface area contributed by atoms with Gasteiger partial charge in [0.25, 0.3) is 5.91 Å². The molecule has 0 heterocycles. The highest BCUT2D eigenvalue weighted by molar-refractivity contribution is 5.78. The average molecular weight is 330 g/mol. The molecule has 1 amide bonds. The third kappa shape index (κ3) is 2.99. The molecule has 3 nitrogen and oxygen atoms in total. The van der Waals surface area contributed by atoms with Crippen LogP contribution in [0.3, 0.4) is 0 Å². The maximum Gasteiger partial charge on any atom is 0.275 e. The second-order valence-electron chi connectivity index (χ2n) is 9.42. The Kier molecular flexibility index (Phi) is 4.28. The van der Waals surface area contributed by atoms with Crippen molar-refractivity contribution in [3.8, 4) is 0 Å². The zero-order valence-corrected chi connectivity index (χ0v) is 15.9. The van der Waals surface area contributed by atoms with Gasteiger partial charge < -0.3 is 9.80 Å². The molecule has 3 atom stereocenters. The highest BCUT2D eigenvalue weighted by Gasteiger charge is 2.61. The van der Waals surface area contributed by atoms with Crippen LogP contribution in [0.2, 0.25) is 0 Å². The van der Waals surface area contributed by atoms with Crippen molar-refractivity contribution in [1.29, 1.82) is 0 Å². The van der Waals surface area contributed by atoms with Crippen LogP contribution in [-0.4, -0.2) is 36.6 Å². The fourth-order valence-corrected chi connectivity index (χ4v) is 5.23. The summed E-state index contributed by atoms with van der Waals surface area (Å²) in [6, 6.07) is 10.4. The van der Waals surface area contributed by atoms with Crippen LogP contribution in [0.5, 0.6) is 0 Å². The van der Waals surface area contributed by atoms with Crippen molar-refractivity contribution in [2.45, 2.75) is 52.1 Å². The fraction of sp³-hybridized carbons (Fsp3) is 0.667. The lowest BCUT2D eigenvalue weighted by Gasteiger charge is -2.48. The number of amides is 1. The normalized spacial score (nSPS) is 31.2. The molecule has 0 saturated heterocycles. The van der Waals surface area contributed by atoms with Crippen molar-refractivity contribution in [2.24, 2.45) is 17.3 Å². The van der Waals surface area contributed by atoms with Crippen LogP contribution in [0.1, 0.15) is 45.6 Å². The van der Waals surface area contributed by atoms with E-state index in [0.717, 1.165) is 12.5 Å². The van der Waals surface area contributed by atoms with E-state index >= 15 is 0 Å². The van der Waals surface area contributed by atoms with Crippen molar-refractivity contribution in [3.63, 3.8) is 0 Å². The molecule has 0 aliphatic heterocycles. The molecule has 2 bridgehead atoms. The Morgan fingerprint density at radius 3 is 2.33 bits per heavy atom. The summed E-state index contributed by atoms with van der Waals surface area (Å²) in [5, 5.41) is 3.46. The highest BCUT2D eigenvalue weighted by atomic mass is 16.2. The molecule has 0 spiro atoms. The largest absolute Gasteiger partial charge is 0.345 e. The molecule has 2 fully saturated rings. The minimum atomic E-state index is -0.0558. The molecule has 2 aliphatic carbocycles. The van der Waals surface area contributed by atoms with Crippen molar-refractivity contribution in [2.75, 3.05) is 20.6 Å². The van der Waals surface area contributed by atoms with Gasteiger partial charge in [-0.15, -0.1) is 0 Å². The molecule has 132 valence electrons. The van der Waals surface area contributed by atoms with Gasteiger partial charge >= 0.3 is 0 Å². The number of hydrogen-bond acceptors (Lipinski definition) is 1. The first kappa shape index (κ1) is 17.5. The number of carbonyl (C=O) groups is 1. The van der Waals surface area contributed by atoms with Gasteiger partial charge in [0.05, 0.1) is 14.1 Å². The molecule has 1 aromatic carbocycles. The first-order valence-corrected chi connectivity index (χ1v) is 9.31. The van der Waals surface area contributed by atoms with Crippen molar-refractivity contribution >= 4 is 5.91 Å². The van der Waals surface area contributed by atoms with Gasteiger partial charge in [-0.3, -0.25) is 4.79 Å². The van der Waals surface area contributed by atoms with Gasteiger partial charge in [0.2, 0.25) is 0 Å². The van der Waals surface area contributed by atoms with Crippen LogP contribution in [0, 0.1) is 17.3 Å². The molecule has 0 unspecified atom stereocenters. The monoisotopic (exact) mass is 329 g/mol. The molecule has 1 N–H and O–H groups in total. The number of rotatable bonds is 5. The Hall–Kier alpha value is -1.35. The number of carbonyl (C=O) groups excluding carboxylic acids is 1. The number of nitrogens with zero attached hydrogens (tertiary/aromatic N) is 1. The number of fused-ring (bicyclic) bond motifs is 2. The number of hydrogen-bond donors (Lipinski definition) is 1. The summed E-state index contributed by atoms with van der Waals surface area (Å²) in [4.78, 5) is 12.8. The summed E-state index contributed by atoms with van der Waals surface area (Å²) in [5.74, 6) is 1.60. The van der Waals surface area contributed by atoms with E-state index in [9.17, 15) is 4.79 Å².